The van der Waals surface area contributed by atoms with Crippen LogP contribution in [0.2, 0.25) is 0 Å². The summed E-state index contributed by atoms with van der Waals surface area (Å²) in [5.41, 5.74) is 0.883. The molecule has 23 heavy (non-hydrogen) atoms. The summed E-state index contributed by atoms with van der Waals surface area (Å²) in [6.45, 7) is 0. The number of benzene rings is 1. The van der Waals surface area contributed by atoms with Gasteiger partial charge in [0, 0.05) is 11.8 Å². The zero-order valence-corrected chi connectivity index (χ0v) is 12.3. The van der Waals surface area contributed by atoms with Gasteiger partial charge in [-0.2, -0.15) is 0 Å². The SMILES string of the molecule is O=C(NC(c1ccccn1)C1CC(O)C1)c1ccc(F)c(O)c1. The highest BCUT2D eigenvalue weighted by Crippen LogP contribution is 2.37. The molecule has 1 aromatic carbocycles. The molecule has 1 heterocycles. The first-order chi connectivity index (χ1) is 11.0. The summed E-state index contributed by atoms with van der Waals surface area (Å²) in [6.07, 6.45) is 2.48. The molecule has 1 aliphatic carbocycles. The number of aliphatic hydroxyl groups is 1. The van der Waals surface area contributed by atoms with Crippen LogP contribution in [0.4, 0.5) is 4.39 Å². The normalized spacial score (nSPS) is 21.3. The van der Waals surface area contributed by atoms with E-state index in [9.17, 15) is 19.4 Å². The lowest BCUT2D eigenvalue weighted by Gasteiger charge is -2.37. The number of phenolic OH excluding ortho intramolecular Hbond substituents is 1. The van der Waals surface area contributed by atoms with Crippen LogP contribution in [0.5, 0.6) is 5.75 Å². The molecule has 3 N–H and O–H groups in total. The van der Waals surface area contributed by atoms with E-state index >= 15 is 0 Å². The molecule has 2 aromatic rings. The third-order valence-electron chi connectivity index (χ3n) is 4.12. The minimum absolute atomic E-state index is 0.0953. The molecule has 0 aliphatic heterocycles. The molecule has 1 aromatic heterocycles. The maximum absolute atomic E-state index is 13.1. The molecule has 1 amide bonds. The summed E-state index contributed by atoms with van der Waals surface area (Å²) in [4.78, 5) is 16.7. The maximum Gasteiger partial charge on any atom is 0.251 e. The number of nitrogens with one attached hydrogen (secondary N) is 1. The molecule has 1 fully saturated rings. The van der Waals surface area contributed by atoms with Crippen LogP contribution in [0.15, 0.2) is 42.6 Å². The van der Waals surface area contributed by atoms with Crippen molar-refractivity contribution in [3.63, 3.8) is 0 Å². The summed E-state index contributed by atoms with van der Waals surface area (Å²) in [5, 5.41) is 21.8. The Bertz CT molecular complexity index is 702. The number of aliphatic hydroxyl groups excluding tert-OH is 1. The van der Waals surface area contributed by atoms with Gasteiger partial charge in [0.1, 0.15) is 0 Å². The van der Waals surface area contributed by atoms with E-state index in [1.54, 1.807) is 12.3 Å². The summed E-state index contributed by atoms with van der Waals surface area (Å²) in [6, 6.07) is 8.56. The molecule has 5 nitrogen and oxygen atoms in total. The fourth-order valence-electron chi connectivity index (χ4n) is 2.77. The molecule has 0 radical (unpaired) electrons. The molecule has 0 saturated heterocycles. The number of phenols is 1. The Morgan fingerprint density at radius 3 is 2.70 bits per heavy atom. The molecular weight excluding hydrogens is 299 g/mol. The van der Waals surface area contributed by atoms with Crippen LogP contribution >= 0.6 is 0 Å². The van der Waals surface area contributed by atoms with Gasteiger partial charge in [0.15, 0.2) is 11.6 Å². The zero-order valence-electron chi connectivity index (χ0n) is 12.3. The van der Waals surface area contributed by atoms with Crippen LogP contribution in [0, 0.1) is 11.7 Å². The highest BCUT2D eigenvalue weighted by atomic mass is 19.1. The van der Waals surface area contributed by atoms with E-state index in [-0.39, 0.29) is 23.6 Å². The van der Waals surface area contributed by atoms with Gasteiger partial charge in [0.2, 0.25) is 0 Å². The second kappa shape index (κ2) is 6.34. The lowest BCUT2D eigenvalue weighted by Crippen LogP contribution is -2.41. The van der Waals surface area contributed by atoms with Gasteiger partial charge >= 0.3 is 0 Å². The van der Waals surface area contributed by atoms with Crippen molar-refractivity contribution in [2.75, 3.05) is 0 Å². The van der Waals surface area contributed by atoms with Crippen molar-refractivity contribution in [3.05, 3.63) is 59.7 Å². The molecule has 1 saturated carbocycles. The van der Waals surface area contributed by atoms with Crippen LogP contribution in [-0.4, -0.2) is 27.2 Å². The third-order valence-corrected chi connectivity index (χ3v) is 4.12. The summed E-state index contributed by atoms with van der Waals surface area (Å²) in [7, 11) is 0. The Morgan fingerprint density at radius 1 is 1.30 bits per heavy atom. The predicted octanol–water partition coefficient (Wildman–Crippen LogP) is 2.17. The van der Waals surface area contributed by atoms with Crippen LogP contribution in [-0.2, 0) is 0 Å². The van der Waals surface area contributed by atoms with Crippen molar-refractivity contribution in [2.45, 2.75) is 25.0 Å². The van der Waals surface area contributed by atoms with Crippen LogP contribution in [0.25, 0.3) is 0 Å². The Balaban J connectivity index is 1.80. The summed E-state index contributed by atoms with van der Waals surface area (Å²) < 4.78 is 13.1. The first-order valence-corrected chi connectivity index (χ1v) is 7.43. The van der Waals surface area contributed by atoms with Gasteiger partial charge in [0.05, 0.1) is 17.8 Å². The minimum atomic E-state index is -0.773. The number of halogens is 1. The Kier molecular flexibility index (Phi) is 4.25. The Morgan fingerprint density at radius 2 is 2.09 bits per heavy atom. The van der Waals surface area contributed by atoms with Crippen molar-refractivity contribution in [2.24, 2.45) is 5.92 Å². The average molecular weight is 316 g/mol. The summed E-state index contributed by atoms with van der Waals surface area (Å²) >= 11 is 0. The van der Waals surface area contributed by atoms with Gasteiger partial charge in [-0.1, -0.05) is 6.07 Å². The van der Waals surface area contributed by atoms with E-state index in [0.717, 1.165) is 12.1 Å². The van der Waals surface area contributed by atoms with E-state index in [2.05, 4.69) is 10.3 Å². The second-order valence-electron chi connectivity index (χ2n) is 5.76. The molecular formula is C17H17FN2O3. The van der Waals surface area contributed by atoms with Crippen molar-refractivity contribution in [3.8, 4) is 5.75 Å². The fourth-order valence-corrected chi connectivity index (χ4v) is 2.77. The quantitative estimate of drug-likeness (QED) is 0.807. The number of aromatic hydroxyl groups is 1. The van der Waals surface area contributed by atoms with Crippen molar-refractivity contribution in [1.82, 2.24) is 10.3 Å². The number of hydrogen-bond donors (Lipinski definition) is 3. The van der Waals surface area contributed by atoms with Crippen LogP contribution in [0.1, 0.15) is 34.9 Å². The number of carbonyl (C=O) groups excluding carboxylic acids is 1. The highest BCUT2D eigenvalue weighted by Gasteiger charge is 2.36. The zero-order chi connectivity index (χ0) is 16.4. The molecule has 120 valence electrons. The van der Waals surface area contributed by atoms with Gasteiger partial charge in [-0.3, -0.25) is 9.78 Å². The van der Waals surface area contributed by atoms with Crippen LogP contribution < -0.4 is 5.32 Å². The first kappa shape index (κ1) is 15.4. The van der Waals surface area contributed by atoms with E-state index in [0.29, 0.717) is 18.5 Å². The molecule has 0 bridgehead atoms. The van der Waals surface area contributed by atoms with Gasteiger partial charge < -0.3 is 15.5 Å². The lowest BCUT2D eigenvalue weighted by atomic mass is 9.76. The number of nitrogens with zero attached hydrogens (tertiary/aromatic N) is 1. The molecule has 1 aliphatic rings. The smallest absolute Gasteiger partial charge is 0.251 e. The van der Waals surface area contributed by atoms with Gasteiger partial charge in [-0.05, 0) is 49.1 Å². The standard InChI is InChI=1S/C17H17FN2O3/c18-13-5-4-10(9-15(13)22)17(23)20-16(11-7-12(21)8-11)14-3-1-2-6-19-14/h1-6,9,11-12,16,21-22H,7-8H2,(H,20,23). The number of rotatable bonds is 4. The molecule has 0 spiro atoms. The number of carbonyl (C=O) groups is 1. The average Bonchev–Trinajstić information content (AvgIpc) is 2.53. The molecule has 6 heteroatoms. The molecule has 3 rings (SSSR count). The minimum Gasteiger partial charge on any atom is -0.505 e. The Hall–Kier alpha value is -2.47. The van der Waals surface area contributed by atoms with E-state index < -0.39 is 17.5 Å². The topological polar surface area (TPSA) is 82.5 Å². The molecule has 1 unspecified atom stereocenters. The monoisotopic (exact) mass is 316 g/mol. The van der Waals surface area contributed by atoms with Crippen molar-refractivity contribution in [1.29, 1.82) is 0 Å². The van der Waals surface area contributed by atoms with Gasteiger partial charge in [-0.15, -0.1) is 0 Å². The van der Waals surface area contributed by atoms with E-state index in [4.69, 9.17) is 0 Å². The maximum atomic E-state index is 13.1. The highest BCUT2D eigenvalue weighted by molar-refractivity contribution is 5.94. The third kappa shape index (κ3) is 3.32. The summed E-state index contributed by atoms with van der Waals surface area (Å²) in [5.74, 6) is -1.66. The second-order valence-corrected chi connectivity index (χ2v) is 5.76. The number of hydrogen-bond acceptors (Lipinski definition) is 4. The van der Waals surface area contributed by atoms with Gasteiger partial charge in [0.25, 0.3) is 5.91 Å². The number of amides is 1. The predicted molar refractivity (Wildman–Crippen MR) is 81.2 cm³/mol. The van der Waals surface area contributed by atoms with Crippen LogP contribution in [0.3, 0.4) is 0 Å². The van der Waals surface area contributed by atoms with Gasteiger partial charge in [-0.25, -0.2) is 4.39 Å². The Labute approximate surface area is 132 Å². The van der Waals surface area contributed by atoms with Crippen molar-refractivity contribution < 1.29 is 19.4 Å². The van der Waals surface area contributed by atoms with E-state index in [1.165, 1.54) is 6.07 Å². The van der Waals surface area contributed by atoms with Crippen molar-refractivity contribution >= 4 is 5.91 Å². The first-order valence-electron chi connectivity index (χ1n) is 7.43. The number of aromatic nitrogens is 1. The van der Waals surface area contributed by atoms with E-state index in [1.807, 2.05) is 12.1 Å². The fraction of sp³-hybridized carbons (Fsp3) is 0.294. The number of pyridine rings is 1. The largest absolute Gasteiger partial charge is 0.505 e. The lowest BCUT2D eigenvalue weighted by molar-refractivity contribution is 0.0228. The molecule has 1 atom stereocenters.